The number of benzene rings is 2. The van der Waals surface area contributed by atoms with Crippen molar-refractivity contribution in [2.24, 2.45) is 5.73 Å². The number of carbonyl (C=O) groups excluding carboxylic acids is 1. The quantitative estimate of drug-likeness (QED) is 0.356. The van der Waals surface area contributed by atoms with Crippen molar-refractivity contribution in [3.63, 3.8) is 0 Å². The van der Waals surface area contributed by atoms with Crippen LogP contribution in [-0.4, -0.2) is 18.1 Å². The molecule has 2 aromatic rings. The van der Waals surface area contributed by atoms with Gasteiger partial charge in [-0.3, -0.25) is 15.6 Å². The number of nitrogens with one attached hydrogen (secondary N) is 2. The Morgan fingerprint density at radius 3 is 2.74 bits per heavy atom. The monoisotopic (exact) mass is 449 g/mol. The SMILES string of the molecule is COc1cc(/C=C/C(=O)NNC(N)=S)cc(Br)c1OCc1cccc(C)c1. The predicted molar refractivity (Wildman–Crippen MR) is 113 cm³/mol. The first-order valence-electron chi connectivity index (χ1n) is 7.98. The van der Waals surface area contributed by atoms with Crippen molar-refractivity contribution in [1.82, 2.24) is 10.9 Å². The summed E-state index contributed by atoms with van der Waals surface area (Å²) in [4.78, 5) is 11.7. The maximum absolute atomic E-state index is 11.7. The van der Waals surface area contributed by atoms with E-state index in [9.17, 15) is 4.79 Å². The third-order valence-corrected chi connectivity index (χ3v) is 4.14. The highest BCUT2D eigenvalue weighted by Gasteiger charge is 2.11. The lowest BCUT2D eigenvalue weighted by atomic mass is 10.1. The lowest BCUT2D eigenvalue weighted by Gasteiger charge is -2.14. The standard InChI is InChI=1S/C19H20BrN3O3S/c1-12-4-3-5-14(8-12)11-26-18-15(20)9-13(10-16(18)25-2)6-7-17(24)22-23-19(21)27/h3-10H,11H2,1-2H3,(H,22,24)(H3,21,23,27)/b7-6+. The van der Waals surface area contributed by atoms with E-state index < -0.39 is 5.91 Å². The van der Waals surface area contributed by atoms with Gasteiger partial charge in [0.1, 0.15) is 6.61 Å². The van der Waals surface area contributed by atoms with Crippen LogP contribution in [0.2, 0.25) is 0 Å². The van der Waals surface area contributed by atoms with Gasteiger partial charge in [-0.15, -0.1) is 0 Å². The maximum atomic E-state index is 11.7. The fourth-order valence-electron chi connectivity index (χ4n) is 2.27. The Morgan fingerprint density at radius 1 is 1.30 bits per heavy atom. The average molecular weight is 450 g/mol. The van der Waals surface area contributed by atoms with Gasteiger partial charge in [-0.1, -0.05) is 29.8 Å². The number of ether oxygens (including phenoxy) is 2. The molecule has 4 N–H and O–H groups in total. The first-order chi connectivity index (χ1) is 12.9. The van der Waals surface area contributed by atoms with Gasteiger partial charge in [0.25, 0.3) is 5.91 Å². The van der Waals surface area contributed by atoms with Crippen molar-refractivity contribution in [2.45, 2.75) is 13.5 Å². The van der Waals surface area contributed by atoms with E-state index in [1.807, 2.05) is 31.2 Å². The molecule has 0 fully saturated rings. The molecule has 8 heteroatoms. The molecule has 142 valence electrons. The van der Waals surface area contributed by atoms with E-state index in [1.54, 1.807) is 19.3 Å². The molecule has 0 unspecified atom stereocenters. The molecule has 0 radical (unpaired) electrons. The first-order valence-corrected chi connectivity index (χ1v) is 9.18. The largest absolute Gasteiger partial charge is 0.493 e. The van der Waals surface area contributed by atoms with Crippen LogP contribution >= 0.6 is 28.1 Å². The van der Waals surface area contributed by atoms with E-state index in [4.69, 9.17) is 15.2 Å². The number of hydrazine groups is 1. The fourth-order valence-corrected chi connectivity index (χ4v) is 2.90. The Labute approximate surface area is 171 Å². The van der Waals surface area contributed by atoms with Gasteiger partial charge in [0.05, 0.1) is 11.6 Å². The van der Waals surface area contributed by atoms with Crippen LogP contribution in [0.25, 0.3) is 6.08 Å². The molecule has 1 amide bonds. The molecular weight excluding hydrogens is 430 g/mol. The van der Waals surface area contributed by atoms with Crippen LogP contribution in [0.1, 0.15) is 16.7 Å². The number of amides is 1. The number of nitrogens with two attached hydrogens (primary N) is 1. The lowest BCUT2D eigenvalue weighted by molar-refractivity contribution is -0.116. The van der Waals surface area contributed by atoms with Crippen molar-refractivity contribution in [3.05, 3.63) is 63.6 Å². The minimum absolute atomic E-state index is 0.0173. The fraction of sp³-hybridized carbons (Fsp3) is 0.158. The maximum Gasteiger partial charge on any atom is 0.262 e. The summed E-state index contributed by atoms with van der Waals surface area (Å²) in [6.45, 7) is 2.45. The van der Waals surface area contributed by atoms with Crippen molar-refractivity contribution in [3.8, 4) is 11.5 Å². The van der Waals surface area contributed by atoms with Crippen molar-refractivity contribution < 1.29 is 14.3 Å². The van der Waals surface area contributed by atoms with Crippen molar-refractivity contribution >= 4 is 45.2 Å². The molecule has 0 aliphatic carbocycles. The highest BCUT2D eigenvalue weighted by atomic mass is 79.9. The van der Waals surface area contributed by atoms with Gasteiger partial charge in [-0.2, -0.15) is 0 Å². The number of methoxy groups -OCH3 is 1. The van der Waals surface area contributed by atoms with E-state index in [0.29, 0.717) is 18.1 Å². The van der Waals surface area contributed by atoms with Crippen molar-refractivity contribution in [2.75, 3.05) is 7.11 Å². The zero-order valence-corrected chi connectivity index (χ0v) is 17.3. The van der Waals surface area contributed by atoms with Crippen LogP contribution in [0.3, 0.4) is 0 Å². The molecule has 0 aromatic heterocycles. The van der Waals surface area contributed by atoms with E-state index >= 15 is 0 Å². The molecular formula is C19H20BrN3O3S. The molecule has 6 nitrogen and oxygen atoms in total. The zero-order valence-electron chi connectivity index (χ0n) is 14.9. The summed E-state index contributed by atoms with van der Waals surface area (Å²) in [7, 11) is 1.56. The summed E-state index contributed by atoms with van der Waals surface area (Å²) < 4.78 is 12.1. The van der Waals surface area contributed by atoms with Gasteiger partial charge in [-0.05, 0) is 64.4 Å². The Balaban J connectivity index is 2.11. The Kier molecular flexibility index (Phi) is 7.63. The number of hydrogen-bond donors (Lipinski definition) is 3. The van der Waals surface area contributed by atoms with Crippen LogP contribution in [0.5, 0.6) is 11.5 Å². The van der Waals surface area contributed by atoms with Gasteiger partial charge in [0.15, 0.2) is 16.6 Å². The normalized spacial score (nSPS) is 10.5. The van der Waals surface area contributed by atoms with Crippen LogP contribution in [0.15, 0.2) is 46.9 Å². The molecule has 0 spiro atoms. The number of aryl methyl sites for hydroxylation is 1. The van der Waals surface area contributed by atoms with Crippen LogP contribution in [0.4, 0.5) is 0 Å². The molecule has 2 rings (SSSR count). The van der Waals surface area contributed by atoms with E-state index in [0.717, 1.165) is 15.6 Å². The average Bonchev–Trinajstić information content (AvgIpc) is 2.63. The van der Waals surface area contributed by atoms with E-state index in [1.165, 1.54) is 11.6 Å². The van der Waals surface area contributed by atoms with Gasteiger partial charge in [0.2, 0.25) is 0 Å². The molecule has 0 aliphatic heterocycles. The molecule has 2 aromatic carbocycles. The second kappa shape index (κ2) is 9.94. The highest BCUT2D eigenvalue weighted by molar-refractivity contribution is 9.10. The molecule has 0 atom stereocenters. The summed E-state index contributed by atoms with van der Waals surface area (Å²) in [5.74, 6) is 0.756. The third kappa shape index (κ3) is 6.58. The van der Waals surface area contributed by atoms with E-state index in [2.05, 4.69) is 45.1 Å². The van der Waals surface area contributed by atoms with Gasteiger partial charge in [0, 0.05) is 6.08 Å². The van der Waals surface area contributed by atoms with Crippen molar-refractivity contribution in [1.29, 1.82) is 0 Å². The molecule has 0 heterocycles. The van der Waals surface area contributed by atoms with Gasteiger partial charge < -0.3 is 15.2 Å². The summed E-state index contributed by atoms with van der Waals surface area (Å²) >= 11 is 8.11. The van der Waals surface area contributed by atoms with Crippen LogP contribution in [-0.2, 0) is 11.4 Å². The zero-order chi connectivity index (χ0) is 19.8. The number of hydrogen-bond acceptors (Lipinski definition) is 4. The lowest BCUT2D eigenvalue weighted by Crippen LogP contribution is -2.43. The number of carbonyl (C=O) groups is 1. The summed E-state index contributed by atoms with van der Waals surface area (Å²) in [5, 5.41) is -0.0173. The van der Waals surface area contributed by atoms with Gasteiger partial charge >= 0.3 is 0 Å². The number of thiocarbonyl (C=S) groups is 1. The minimum atomic E-state index is -0.391. The summed E-state index contributed by atoms with van der Waals surface area (Å²) in [5.41, 5.74) is 12.9. The first kappa shape index (κ1) is 20.7. The predicted octanol–water partition coefficient (Wildman–Crippen LogP) is 3.22. The Hall–Kier alpha value is -2.58. The second-order valence-electron chi connectivity index (χ2n) is 5.62. The molecule has 0 aliphatic rings. The molecule has 0 saturated heterocycles. The Morgan fingerprint density at radius 2 is 2.07 bits per heavy atom. The second-order valence-corrected chi connectivity index (χ2v) is 6.92. The van der Waals surface area contributed by atoms with Crippen LogP contribution in [0, 0.1) is 6.92 Å². The Bertz CT molecular complexity index is 871. The third-order valence-electron chi connectivity index (χ3n) is 3.45. The van der Waals surface area contributed by atoms with E-state index in [-0.39, 0.29) is 5.11 Å². The summed E-state index contributed by atoms with van der Waals surface area (Å²) in [6, 6.07) is 11.7. The van der Waals surface area contributed by atoms with Crippen LogP contribution < -0.4 is 26.1 Å². The number of rotatable bonds is 6. The molecule has 0 saturated carbocycles. The summed E-state index contributed by atoms with van der Waals surface area (Å²) in [6.07, 6.45) is 2.98. The highest BCUT2D eigenvalue weighted by Crippen LogP contribution is 2.37. The smallest absolute Gasteiger partial charge is 0.262 e. The van der Waals surface area contributed by atoms with Gasteiger partial charge in [-0.25, -0.2) is 0 Å². The number of halogens is 1. The molecule has 27 heavy (non-hydrogen) atoms. The molecule has 0 bridgehead atoms. The minimum Gasteiger partial charge on any atom is -0.493 e. The topological polar surface area (TPSA) is 85.6 Å².